The van der Waals surface area contributed by atoms with Gasteiger partial charge in [0.1, 0.15) is 6.04 Å². The van der Waals surface area contributed by atoms with Crippen LogP contribution >= 0.6 is 27.5 Å². The number of benzene rings is 2. The molecule has 30 heavy (non-hydrogen) atoms. The molecule has 0 heterocycles. The number of hydrogen-bond donors (Lipinski definition) is 2. The van der Waals surface area contributed by atoms with Crippen LogP contribution in [0.5, 0.6) is 11.5 Å². The van der Waals surface area contributed by atoms with E-state index in [4.69, 9.17) is 21.1 Å². The molecule has 0 spiro atoms. The molecule has 0 fully saturated rings. The second kappa shape index (κ2) is 11.0. The van der Waals surface area contributed by atoms with Gasteiger partial charge in [0.05, 0.1) is 31.0 Å². The van der Waals surface area contributed by atoms with E-state index in [-0.39, 0.29) is 5.92 Å². The standard InChI is InChI=1S/C21H23BrClN3O4/c1-12(2)19(25-20(27)14-7-5-6-8-16(14)23)21(28)26-24-11-13-9-17(29-3)18(30-4)10-15(13)22/h5-12,19H,1-4H3,(H,25,27)(H,26,28)/b24-11-. The predicted molar refractivity (Wildman–Crippen MR) is 121 cm³/mol. The fraction of sp³-hybridized carbons (Fsp3) is 0.286. The van der Waals surface area contributed by atoms with E-state index in [2.05, 4.69) is 31.8 Å². The lowest BCUT2D eigenvalue weighted by molar-refractivity contribution is -0.123. The van der Waals surface area contributed by atoms with E-state index in [9.17, 15) is 9.59 Å². The number of carbonyl (C=O) groups excluding carboxylic acids is 2. The van der Waals surface area contributed by atoms with Crippen LogP contribution in [-0.4, -0.2) is 38.3 Å². The van der Waals surface area contributed by atoms with Gasteiger partial charge in [0, 0.05) is 10.0 Å². The summed E-state index contributed by atoms with van der Waals surface area (Å²) in [6.45, 7) is 3.65. The maximum absolute atomic E-state index is 12.6. The van der Waals surface area contributed by atoms with Gasteiger partial charge < -0.3 is 14.8 Å². The highest BCUT2D eigenvalue weighted by Crippen LogP contribution is 2.32. The third-order valence-corrected chi connectivity index (χ3v) is 5.25. The molecule has 0 aliphatic carbocycles. The summed E-state index contributed by atoms with van der Waals surface area (Å²) in [5.74, 6) is 0.0482. The van der Waals surface area contributed by atoms with Crippen LogP contribution in [0.15, 0.2) is 46.0 Å². The van der Waals surface area contributed by atoms with Gasteiger partial charge in [0.15, 0.2) is 11.5 Å². The van der Waals surface area contributed by atoms with Gasteiger partial charge >= 0.3 is 0 Å². The van der Waals surface area contributed by atoms with Gasteiger partial charge in [-0.15, -0.1) is 0 Å². The highest BCUT2D eigenvalue weighted by atomic mass is 79.9. The van der Waals surface area contributed by atoms with Crippen molar-refractivity contribution in [2.75, 3.05) is 14.2 Å². The minimum atomic E-state index is -0.792. The zero-order valence-corrected chi connectivity index (χ0v) is 19.4. The van der Waals surface area contributed by atoms with Crippen molar-refractivity contribution < 1.29 is 19.1 Å². The van der Waals surface area contributed by atoms with Gasteiger partial charge in [-0.05, 0) is 46.1 Å². The molecule has 0 aromatic heterocycles. The first kappa shape index (κ1) is 23.7. The van der Waals surface area contributed by atoms with Crippen LogP contribution in [0.1, 0.15) is 29.8 Å². The molecule has 160 valence electrons. The second-order valence-electron chi connectivity index (χ2n) is 6.64. The number of amides is 2. The van der Waals surface area contributed by atoms with E-state index in [0.717, 1.165) is 0 Å². The van der Waals surface area contributed by atoms with Crippen LogP contribution in [0.3, 0.4) is 0 Å². The monoisotopic (exact) mass is 495 g/mol. The number of ether oxygens (including phenoxy) is 2. The van der Waals surface area contributed by atoms with Gasteiger partial charge in [-0.3, -0.25) is 9.59 Å². The number of rotatable bonds is 8. The van der Waals surface area contributed by atoms with Gasteiger partial charge in [-0.25, -0.2) is 5.43 Å². The summed E-state index contributed by atoms with van der Waals surface area (Å²) in [5, 5.41) is 7.03. The Balaban J connectivity index is 2.10. The number of hydrazone groups is 1. The van der Waals surface area contributed by atoms with Crippen LogP contribution < -0.4 is 20.2 Å². The molecule has 2 rings (SSSR count). The summed E-state index contributed by atoms with van der Waals surface area (Å²) in [5.41, 5.74) is 3.44. The molecular weight excluding hydrogens is 474 g/mol. The van der Waals surface area contributed by atoms with E-state index in [1.165, 1.54) is 13.3 Å². The summed E-state index contributed by atoms with van der Waals surface area (Å²) >= 11 is 9.49. The first-order chi connectivity index (χ1) is 14.3. The van der Waals surface area contributed by atoms with Gasteiger partial charge in [0.25, 0.3) is 11.8 Å². The summed E-state index contributed by atoms with van der Waals surface area (Å²) in [6, 6.07) is 9.31. The number of methoxy groups -OCH3 is 2. The van der Waals surface area contributed by atoms with Gasteiger partial charge in [-0.2, -0.15) is 5.10 Å². The maximum atomic E-state index is 12.6. The van der Waals surface area contributed by atoms with Crippen molar-refractivity contribution in [3.63, 3.8) is 0 Å². The Hall–Kier alpha value is -2.58. The van der Waals surface area contributed by atoms with Crippen molar-refractivity contribution in [2.45, 2.75) is 19.9 Å². The Bertz CT molecular complexity index is 950. The summed E-state index contributed by atoms with van der Waals surface area (Å²) < 4.78 is 11.2. The van der Waals surface area contributed by atoms with Crippen molar-refractivity contribution >= 4 is 45.6 Å². The minimum absolute atomic E-state index is 0.167. The molecular formula is C21H23BrClN3O4. The number of carbonyl (C=O) groups is 2. The van der Waals surface area contributed by atoms with Crippen molar-refractivity contribution in [1.29, 1.82) is 0 Å². The smallest absolute Gasteiger partial charge is 0.262 e. The summed E-state index contributed by atoms with van der Waals surface area (Å²) in [4.78, 5) is 25.1. The van der Waals surface area contributed by atoms with Crippen LogP contribution in [0.2, 0.25) is 5.02 Å². The molecule has 2 aromatic rings. The average Bonchev–Trinajstić information content (AvgIpc) is 2.72. The third-order valence-electron chi connectivity index (χ3n) is 4.24. The first-order valence-corrected chi connectivity index (χ1v) is 10.2. The summed E-state index contributed by atoms with van der Waals surface area (Å²) in [7, 11) is 3.07. The average molecular weight is 497 g/mol. The molecule has 1 unspecified atom stereocenters. The van der Waals surface area contributed by atoms with Crippen LogP contribution in [0.4, 0.5) is 0 Å². The third kappa shape index (κ3) is 5.96. The lowest BCUT2D eigenvalue weighted by atomic mass is 10.0. The maximum Gasteiger partial charge on any atom is 0.262 e. The van der Waals surface area contributed by atoms with E-state index in [1.807, 2.05) is 13.8 Å². The molecule has 0 aliphatic rings. The molecule has 9 heteroatoms. The Morgan fingerprint density at radius 3 is 2.37 bits per heavy atom. The zero-order chi connectivity index (χ0) is 22.3. The second-order valence-corrected chi connectivity index (χ2v) is 7.90. The molecule has 1 atom stereocenters. The molecule has 2 N–H and O–H groups in total. The minimum Gasteiger partial charge on any atom is -0.493 e. The predicted octanol–water partition coefficient (Wildman–Crippen LogP) is 4.02. The van der Waals surface area contributed by atoms with Crippen LogP contribution in [-0.2, 0) is 4.79 Å². The SMILES string of the molecule is COc1cc(Br)c(/C=N\NC(=O)C(NC(=O)c2ccccc2Cl)C(C)C)cc1OC. The number of hydrogen-bond acceptors (Lipinski definition) is 5. The van der Waals surface area contributed by atoms with Crippen molar-refractivity contribution in [3.05, 3.63) is 57.0 Å². The zero-order valence-electron chi connectivity index (χ0n) is 17.0. The van der Waals surface area contributed by atoms with Crippen molar-refractivity contribution in [2.24, 2.45) is 11.0 Å². The number of nitrogens with one attached hydrogen (secondary N) is 2. The molecule has 0 saturated heterocycles. The van der Waals surface area contributed by atoms with E-state index in [1.54, 1.807) is 43.5 Å². The van der Waals surface area contributed by atoms with Crippen molar-refractivity contribution in [1.82, 2.24) is 10.7 Å². The Morgan fingerprint density at radius 1 is 1.13 bits per heavy atom. The lowest BCUT2D eigenvalue weighted by Crippen LogP contribution is -2.48. The van der Waals surface area contributed by atoms with Gasteiger partial charge in [0.2, 0.25) is 0 Å². The Labute approximate surface area is 188 Å². The molecule has 2 amide bonds. The summed E-state index contributed by atoms with van der Waals surface area (Å²) in [6.07, 6.45) is 1.47. The molecule has 0 saturated carbocycles. The molecule has 0 bridgehead atoms. The Morgan fingerprint density at radius 2 is 1.77 bits per heavy atom. The molecule has 2 aromatic carbocycles. The first-order valence-electron chi connectivity index (χ1n) is 9.08. The lowest BCUT2D eigenvalue weighted by Gasteiger charge is -2.20. The number of halogens is 2. The fourth-order valence-corrected chi connectivity index (χ4v) is 3.25. The quantitative estimate of drug-likeness (QED) is 0.427. The molecule has 0 radical (unpaired) electrons. The largest absolute Gasteiger partial charge is 0.493 e. The highest BCUT2D eigenvalue weighted by molar-refractivity contribution is 9.10. The van der Waals surface area contributed by atoms with E-state index in [0.29, 0.717) is 32.1 Å². The normalized spacial score (nSPS) is 12.0. The van der Waals surface area contributed by atoms with Crippen LogP contribution in [0, 0.1) is 5.92 Å². The Kier molecular flexibility index (Phi) is 8.68. The topological polar surface area (TPSA) is 89.0 Å². The van der Waals surface area contributed by atoms with E-state index >= 15 is 0 Å². The number of nitrogens with zero attached hydrogens (tertiary/aromatic N) is 1. The fourth-order valence-electron chi connectivity index (χ4n) is 2.60. The highest BCUT2D eigenvalue weighted by Gasteiger charge is 2.25. The van der Waals surface area contributed by atoms with Crippen LogP contribution in [0.25, 0.3) is 0 Å². The molecule has 0 aliphatic heterocycles. The van der Waals surface area contributed by atoms with Crippen molar-refractivity contribution in [3.8, 4) is 11.5 Å². The van der Waals surface area contributed by atoms with Gasteiger partial charge in [-0.1, -0.05) is 37.6 Å². The molecule has 7 nitrogen and oxygen atoms in total. The van der Waals surface area contributed by atoms with E-state index < -0.39 is 17.9 Å².